The molecule has 0 spiro atoms. The number of anilines is 6. The minimum atomic E-state index is 0.548. The lowest BCUT2D eigenvalue weighted by Gasteiger charge is -2.29. The fourth-order valence-corrected chi connectivity index (χ4v) is 7.80. The molecule has 0 saturated carbocycles. The van der Waals surface area contributed by atoms with Gasteiger partial charge in [-0.1, -0.05) is 97.1 Å². The molecule has 55 heavy (non-hydrogen) atoms. The van der Waals surface area contributed by atoms with E-state index in [1.807, 2.05) is 78.9 Å². The zero-order valence-corrected chi connectivity index (χ0v) is 29.5. The van der Waals surface area contributed by atoms with Crippen LogP contribution >= 0.6 is 0 Å². The van der Waals surface area contributed by atoms with Gasteiger partial charge in [0.15, 0.2) is 5.58 Å². The van der Waals surface area contributed by atoms with Crippen molar-refractivity contribution < 1.29 is 13.3 Å². The fraction of sp³-hybridized carbons (Fsp3) is 0. The lowest BCUT2D eigenvalue weighted by molar-refractivity contribution is 0.620. The first-order chi connectivity index (χ1) is 27.3. The molecule has 11 rings (SSSR count). The second-order valence-corrected chi connectivity index (χ2v) is 13.6. The van der Waals surface area contributed by atoms with Crippen molar-refractivity contribution in [1.29, 1.82) is 0 Å². The second-order valence-electron chi connectivity index (χ2n) is 13.6. The summed E-state index contributed by atoms with van der Waals surface area (Å²) in [7, 11) is 0. The molecule has 0 amide bonds. The van der Waals surface area contributed by atoms with Crippen LogP contribution in [0.4, 0.5) is 34.1 Å². The van der Waals surface area contributed by atoms with E-state index in [1.54, 1.807) is 0 Å². The van der Waals surface area contributed by atoms with E-state index < -0.39 is 0 Å². The molecule has 0 saturated heterocycles. The van der Waals surface area contributed by atoms with Crippen LogP contribution in [0.15, 0.2) is 201 Å². The van der Waals surface area contributed by atoms with Crippen molar-refractivity contribution in [2.45, 2.75) is 0 Å². The van der Waals surface area contributed by atoms with Crippen LogP contribution in [0.5, 0.6) is 0 Å². The second kappa shape index (κ2) is 12.5. The van der Waals surface area contributed by atoms with Gasteiger partial charge in [0.05, 0.1) is 22.4 Å². The first-order valence-electron chi connectivity index (χ1n) is 18.3. The highest BCUT2D eigenvalue weighted by Crippen LogP contribution is 2.48. The summed E-state index contributed by atoms with van der Waals surface area (Å²) in [5.74, 6) is 0.548. The maximum atomic E-state index is 6.82. The van der Waals surface area contributed by atoms with Crippen molar-refractivity contribution in [3.63, 3.8) is 0 Å². The fourth-order valence-electron chi connectivity index (χ4n) is 7.80. The van der Waals surface area contributed by atoms with Crippen molar-refractivity contribution in [3.05, 3.63) is 188 Å². The first-order valence-corrected chi connectivity index (χ1v) is 18.3. The zero-order chi connectivity index (χ0) is 36.3. The third-order valence-electron chi connectivity index (χ3n) is 10.2. The molecule has 0 aliphatic carbocycles. The Hall–Kier alpha value is -7.57. The van der Waals surface area contributed by atoms with E-state index in [1.165, 1.54) is 0 Å². The van der Waals surface area contributed by atoms with Crippen molar-refractivity contribution in [2.24, 2.45) is 0 Å². The van der Waals surface area contributed by atoms with Crippen LogP contribution in [-0.2, 0) is 0 Å². The highest BCUT2D eigenvalue weighted by atomic mass is 16.4. The van der Waals surface area contributed by atoms with Gasteiger partial charge in [0, 0.05) is 38.8 Å². The molecule has 8 aromatic carbocycles. The Morgan fingerprint density at radius 2 is 0.964 bits per heavy atom. The van der Waals surface area contributed by atoms with Gasteiger partial charge in [0.2, 0.25) is 5.89 Å². The summed E-state index contributed by atoms with van der Waals surface area (Å²) >= 11 is 0. The summed E-state index contributed by atoms with van der Waals surface area (Å²) in [5.41, 5.74) is 11.3. The van der Waals surface area contributed by atoms with Crippen LogP contribution in [-0.4, -0.2) is 4.98 Å². The highest BCUT2D eigenvalue weighted by molar-refractivity contribution is 6.14. The Morgan fingerprint density at radius 1 is 0.364 bits per heavy atom. The predicted molar refractivity (Wildman–Crippen MR) is 223 cm³/mol. The summed E-state index contributed by atoms with van der Waals surface area (Å²) in [6.45, 7) is 0. The van der Waals surface area contributed by atoms with E-state index in [2.05, 4.69) is 119 Å². The Balaban J connectivity index is 1.22. The summed E-state index contributed by atoms with van der Waals surface area (Å²) < 4.78 is 19.5. The standard InChI is InChI=1S/C49H31N3O3/c1-4-15-32(16-5-1)49-50-40-30-36(51(33-17-6-2-7-18-33)35-27-28-45-39(29-35)37-21-10-12-24-43(37)53-45)31-42(48(40)55-49)52(34-19-8-3-9-20-34)41-23-14-26-46-47(41)38-22-11-13-25-44(38)54-46/h1-31H. The molecule has 0 bridgehead atoms. The smallest absolute Gasteiger partial charge is 0.227 e. The number of fused-ring (bicyclic) bond motifs is 7. The predicted octanol–water partition coefficient (Wildman–Crippen LogP) is 14.2. The van der Waals surface area contributed by atoms with E-state index >= 15 is 0 Å². The molecular weight excluding hydrogens is 679 g/mol. The quantitative estimate of drug-likeness (QED) is 0.164. The summed E-state index contributed by atoms with van der Waals surface area (Å²) in [6, 6.07) is 64.3. The van der Waals surface area contributed by atoms with Crippen molar-refractivity contribution in [3.8, 4) is 11.5 Å². The largest absolute Gasteiger partial charge is 0.456 e. The van der Waals surface area contributed by atoms with Gasteiger partial charge in [-0.05, 0) is 91.0 Å². The molecule has 0 aliphatic heterocycles. The van der Waals surface area contributed by atoms with E-state index in [4.69, 9.17) is 18.2 Å². The number of rotatable bonds is 7. The number of benzene rings is 8. The SMILES string of the molecule is c1ccc(-c2nc3cc(N(c4ccccc4)c4ccc5oc6ccccc6c5c4)cc(N(c4ccccc4)c4cccc5oc6ccccc6c45)c3o2)cc1. The molecule has 260 valence electrons. The number of oxazole rings is 1. The maximum Gasteiger partial charge on any atom is 0.227 e. The van der Waals surface area contributed by atoms with Gasteiger partial charge in [-0.25, -0.2) is 4.98 Å². The molecule has 0 unspecified atom stereocenters. The van der Waals surface area contributed by atoms with Gasteiger partial charge in [0.25, 0.3) is 0 Å². The topological polar surface area (TPSA) is 58.8 Å². The Morgan fingerprint density at radius 3 is 1.73 bits per heavy atom. The summed E-state index contributed by atoms with van der Waals surface area (Å²) in [6.07, 6.45) is 0. The van der Waals surface area contributed by atoms with Crippen LogP contribution in [0, 0.1) is 0 Å². The number of para-hydroxylation sites is 4. The lowest BCUT2D eigenvalue weighted by atomic mass is 10.1. The molecule has 11 aromatic rings. The molecule has 3 aromatic heterocycles. The van der Waals surface area contributed by atoms with Crippen LogP contribution in [0.25, 0.3) is 66.4 Å². The van der Waals surface area contributed by atoms with Crippen molar-refractivity contribution >= 4 is 89.1 Å². The number of nitrogens with zero attached hydrogens (tertiary/aromatic N) is 3. The van der Waals surface area contributed by atoms with Crippen molar-refractivity contribution in [1.82, 2.24) is 4.98 Å². The molecular formula is C49H31N3O3. The van der Waals surface area contributed by atoms with Crippen LogP contribution in [0.2, 0.25) is 0 Å². The molecule has 0 N–H and O–H groups in total. The Bertz CT molecular complexity index is 3170. The van der Waals surface area contributed by atoms with Gasteiger partial charge in [-0.2, -0.15) is 0 Å². The van der Waals surface area contributed by atoms with Gasteiger partial charge in [-0.15, -0.1) is 0 Å². The Kier molecular flexibility index (Phi) is 7.07. The van der Waals surface area contributed by atoms with E-state index in [-0.39, 0.29) is 0 Å². The maximum absolute atomic E-state index is 6.82. The van der Waals surface area contributed by atoms with E-state index in [0.717, 1.165) is 89.1 Å². The molecule has 6 nitrogen and oxygen atoms in total. The number of aromatic nitrogens is 1. The Labute approximate surface area is 315 Å². The lowest BCUT2D eigenvalue weighted by Crippen LogP contribution is -2.14. The van der Waals surface area contributed by atoms with Crippen LogP contribution in [0.3, 0.4) is 0 Å². The molecule has 0 radical (unpaired) electrons. The van der Waals surface area contributed by atoms with Crippen molar-refractivity contribution in [2.75, 3.05) is 9.80 Å². The number of hydrogen-bond donors (Lipinski definition) is 0. The molecule has 0 aliphatic rings. The zero-order valence-electron chi connectivity index (χ0n) is 29.5. The average Bonchev–Trinajstić information content (AvgIpc) is 3.96. The van der Waals surface area contributed by atoms with Gasteiger partial charge in [0.1, 0.15) is 27.8 Å². The van der Waals surface area contributed by atoms with Crippen LogP contribution < -0.4 is 9.80 Å². The third-order valence-corrected chi connectivity index (χ3v) is 10.2. The molecule has 0 atom stereocenters. The van der Waals surface area contributed by atoms with Gasteiger partial charge >= 0.3 is 0 Å². The summed E-state index contributed by atoms with van der Waals surface area (Å²) in [5, 5.41) is 4.17. The number of hydrogen-bond acceptors (Lipinski definition) is 6. The van der Waals surface area contributed by atoms with E-state index in [9.17, 15) is 0 Å². The molecule has 0 fully saturated rings. The van der Waals surface area contributed by atoms with Gasteiger partial charge < -0.3 is 23.1 Å². The molecule has 3 heterocycles. The van der Waals surface area contributed by atoms with E-state index in [0.29, 0.717) is 11.5 Å². The minimum Gasteiger partial charge on any atom is -0.456 e. The van der Waals surface area contributed by atoms with Crippen LogP contribution in [0.1, 0.15) is 0 Å². The minimum absolute atomic E-state index is 0.548. The number of furan rings is 2. The normalized spacial score (nSPS) is 11.6. The average molecular weight is 710 g/mol. The monoisotopic (exact) mass is 709 g/mol. The van der Waals surface area contributed by atoms with Gasteiger partial charge in [-0.3, -0.25) is 0 Å². The third kappa shape index (κ3) is 5.15. The highest BCUT2D eigenvalue weighted by Gasteiger charge is 2.26. The summed E-state index contributed by atoms with van der Waals surface area (Å²) in [4.78, 5) is 9.72. The first kappa shape index (κ1) is 31.0. The molecule has 6 heteroatoms.